The van der Waals surface area contributed by atoms with Gasteiger partial charge in [-0.3, -0.25) is 0 Å². The Kier molecular flexibility index (Phi) is 8.72. The standard InChI is InChI=1S/C3H8O3S3.Na/c4-9(5,6)2-3(8)1-7;/h3,7-8H,1-2H2,(H,4,5,6);/q;+1/p-1/t3-;/m0./s1. The van der Waals surface area contributed by atoms with Crippen LogP contribution in [0.15, 0.2) is 0 Å². The first-order valence-electron chi connectivity index (χ1n) is 2.18. The molecule has 0 heterocycles. The molecule has 0 unspecified atom stereocenters. The van der Waals surface area contributed by atoms with E-state index in [-0.39, 0.29) is 29.6 Å². The van der Waals surface area contributed by atoms with Crippen molar-refractivity contribution in [3.8, 4) is 0 Å². The number of hydrogen-bond donors (Lipinski definition) is 2. The summed E-state index contributed by atoms with van der Waals surface area (Å²) >= 11 is 7.52. The topological polar surface area (TPSA) is 57.2 Å². The van der Waals surface area contributed by atoms with E-state index >= 15 is 0 Å². The Balaban J connectivity index is 0. The first-order chi connectivity index (χ1) is 3.95. The van der Waals surface area contributed by atoms with Crippen molar-refractivity contribution in [2.45, 2.75) is 5.25 Å². The van der Waals surface area contributed by atoms with Crippen molar-refractivity contribution in [3.05, 3.63) is 0 Å². The normalized spacial score (nSPS) is 13.9. The third-order valence-corrected chi connectivity index (χ3v) is 2.76. The second-order valence-corrected chi connectivity index (χ2v) is 4.10. The molecule has 0 aliphatic carbocycles. The molecule has 0 aliphatic rings. The van der Waals surface area contributed by atoms with Gasteiger partial charge in [0.05, 0.1) is 15.9 Å². The third-order valence-electron chi connectivity index (χ3n) is 0.607. The van der Waals surface area contributed by atoms with E-state index in [4.69, 9.17) is 0 Å². The third kappa shape index (κ3) is 9.61. The van der Waals surface area contributed by atoms with Crippen molar-refractivity contribution in [2.75, 3.05) is 11.5 Å². The van der Waals surface area contributed by atoms with Crippen molar-refractivity contribution in [1.82, 2.24) is 0 Å². The van der Waals surface area contributed by atoms with Crippen molar-refractivity contribution >= 4 is 35.4 Å². The zero-order chi connectivity index (χ0) is 7.49. The molecular formula is C3H7NaO3S3. The van der Waals surface area contributed by atoms with E-state index in [1.54, 1.807) is 0 Å². The summed E-state index contributed by atoms with van der Waals surface area (Å²) < 4.78 is 29.9. The van der Waals surface area contributed by atoms with Crippen LogP contribution in [0.2, 0.25) is 0 Å². The fourth-order valence-corrected chi connectivity index (χ4v) is 1.73. The van der Waals surface area contributed by atoms with Crippen molar-refractivity contribution in [1.29, 1.82) is 0 Å². The molecule has 3 nitrogen and oxygen atoms in total. The van der Waals surface area contributed by atoms with Crippen molar-refractivity contribution in [3.63, 3.8) is 0 Å². The van der Waals surface area contributed by atoms with E-state index in [1.165, 1.54) is 0 Å². The fraction of sp³-hybridized carbons (Fsp3) is 1.00. The molecule has 0 N–H and O–H groups in total. The van der Waals surface area contributed by atoms with Gasteiger partial charge in [0, 0.05) is 11.0 Å². The Labute approximate surface area is 93.8 Å². The summed E-state index contributed by atoms with van der Waals surface area (Å²) in [6.45, 7) is 0. The Morgan fingerprint density at radius 2 is 1.90 bits per heavy atom. The first-order valence-corrected chi connectivity index (χ1v) is 4.91. The van der Waals surface area contributed by atoms with Gasteiger partial charge in [-0.2, -0.15) is 25.3 Å². The minimum absolute atomic E-state index is 0. The summed E-state index contributed by atoms with van der Waals surface area (Å²) in [5.41, 5.74) is 0. The average Bonchev–Trinajstić information content (AvgIpc) is 1.62. The Hall–Kier alpha value is 1.61. The summed E-state index contributed by atoms with van der Waals surface area (Å²) in [7, 11) is -4.11. The maximum absolute atomic E-state index is 9.96. The maximum atomic E-state index is 9.96. The van der Waals surface area contributed by atoms with E-state index in [0.29, 0.717) is 5.75 Å². The number of hydrogen-bond acceptors (Lipinski definition) is 5. The molecule has 10 heavy (non-hydrogen) atoms. The number of rotatable bonds is 3. The minimum atomic E-state index is -4.11. The second kappa shape index (κ2) is 6.16. The van der Waals surface area contributed by atoms with Gasteiger partial charge in [0.15, 0.2) is 0 Å². The summed E-state index contributed by atoms with van der Waals surface area (Å²) in [5.74, 6) is -0.149. The van der Waals surface area contributed by atoms with E-state index in [9.17, 15) is 13.0 Å². The van der Waals surface area contributed by atoms with Crippen LogP contribution in [0, 0.1) is 0 Å². The molecule has 0 amide bonds. The monoisotopic (exact) mass is 210 g/mol. The molecule has 0 rings (SSSR count). The molecular weight excluding hydrogens is 203 g/mol. The molecule has 0 bridgehead atoms. The maximum Gasteiger partial charge on any atom is 1.00 e. The van der Waals surface area contributed by atoms with E-state index in [1.807, 2.05) is 0 Å². The Bertz CT molecular complexity index is 166. The second-order valence-electron chi connectivity index (χ2n) is 1.56. The molecule has 0 fully saturated rings. The van der Waals surface area contributed by atoms with Gasteiger partial charge in [0.1, 0.15) is 0 Å². The summed E-state index contributed by atoms with van der Waals surface area (Å²) in [4.78, 5) is 0. The van der Waals surface area contributed by atoms with Crippen LogP contribution in [-0.4, -0.2) is 29.7 Å². The van der Waals surface area contributed by atoms with Gasteiger partial charge >= 0.3 is 29.6 Å². The fourth-order valence-electron chi connectivity index (χ4n) is 0.288. The van der Waals surface area contributed by atoms with Crippen LogP contribution in [0.1, 0.15) is 0 Å². The van der Waals surface area contributed by atoms with E-state index in [2.05, 4.69) is 25.3 Å². The molecule has 0 saturated heterocycles. The smallest absolute Gasteiger partial charge is 0.748 e. The molecule has 1 atom stereocenters. The van der Waals surface area contributed by atoms with Gasteiger partial charge in [-0.25, -0.2) is 8.42 Å². The van der Waals surface area contributed by atoms with Crippen LogP contribution in [0.25, 0.3) is 0 Å². The van der Waals surface area contributed by atoms with Crippen LogP contribution < -0.4 is 29.6 Å². The molecule has 0 aliphatic heterocycles. The quantitative estimate of drug-likeness (QED) is 0.292. The van der Waals surface area contributed by atoms with Gasteiger partial charge in [0.25, 0.3) is 0 Å². The molecule has 0 spiro atoms. The number of thiol groups is 2. The average molecular weight is 210 g/mol. The Morgan fingerprint density at radius 1 is 1.50 bits per heavy atom. The SMILES string of the molecule is O=S(=O)([O-])C[C@@H](S)CS.[Na+]. The van der Waals surface area contributed by atoms with Crippen LogP contribution in [0.3, 0.4) is 0 Å². The van der Waals surface area contributed by atoms with Gasteiger partial charge in [0.2, 0.25) is 0 Å². The largest absolute Gasteiger partial charge is 1.00 e. The van der Waals surface area contributed by atoms with Gasteiger partial charge < -0.3 is 4.55 Å². The van der Waals surface area contributed by atoms with Crippen LogP contribution in [0.4, 0.5) is 0 Å². The molecule has 0 aromatic carbocycles. The summed E-state index contributed by atoms with van der Waals surface area (Å²) in [6.07, 6.45) is 0. The van der Waals surface area contributed by atoms with E-state index in [0.717, 1.165) is 0 Å². The van der Waals surface area contributed by atoms with Gasteiger partial charge in [-0.1, -0.05) is 0 Å². The van der Waals surface area contributed by atoms with Crippen LogP contribution in [-0.2, 0) is 10.1 Å². The van der Waals surface area contributed by atoms with Gasteiger partial charge in [-0.05, 0) is 0 Å². The van der Waals surface area contributed by atoms with Crippen LogP contribution >= 0.6 is 25.3 Å². The molecule has 7 heteroatoms. The van der Waals surface area contributed by atoms with Crippen molar-refractivity contribution < 1.29 is 42.5 Å². The summed E-state index contributed by atoms with van der Waals surface area (Å²) in [5, 5.41) is -0.448. The molecule has 0 aromatic heterocycles. The van der Waals surface area contributed by atoms with E-state index < -0.39 is 21.1 Å². The molecule has 0 saturated carbocycles. The minimum Gasteiger partial charge on any atom is -0.748 e. The predicted molar refractivity (Wildman–Crippen MR) is 41.2 cm³/mol. The molecule has 0 radical (unpaired) electrons. The van der Waals surface area contributed by atoms with Gasteiger partial charge in [-0.15, -0.1) is 0 Å². The Morgan fingerprint density at radius 3 is 2.00 bits per heavy atom. The zero-order valence-corrected chi connectivity index (χ0v) is 10.1. The molecule has 0 aromatic rings. The zero-order valence-electron chi connectivity index (χ0n) is 5.52. The summed E-state index contributed by atoms with van der Waals surface area (Å²) in [6, 6.07) is 0. The predicted octanol–water partition coefficient (Wildman–Crippen LogP) is -3.24. The first kappa shape index (κ1) is 14.2. The van der Waals surface area contributed by atoms with Crippen LogP contribution in [0.5, 0.6) is 0 Å². The molecule has 56 valence electrons. The van der Waals surface area contributed by atoms with Crippen molar-refractivity contribution in [2.24, 2.45) is 0 Å².